The van der Waals surface area contributed by atoms with E-state index in [4.69, 9.17) is 5.73 Å². The highest BCUT2D eigenvalue weighted by Gasteiger charge is 2.31. The second kappa shape index (κ2) is 6.98. The van der Waals surface area contributed by atoms with Crippen LogP contribution >= 0.6 is 0 Å². The SMILES string of the molecule is CCCCCC(C)(/C(O)=C/C(N)=O)c1ccccc1. The lowest BCUT2D eigenvalue weighted by Gasteiger charge is -2.29. The molecule has 1 amide bonds. The number of aliphatic hydroxyl groups excluding tert-OH is 1. The molecule has 0 radical (unpaired) electrons. The monoisotopic (exact) mass is 261 g/mol. The summed E-state index contributed by atoms with van der Waals surface area (Å²) in [4.78, 5) is 11.0. The third-order valence-corrected chi connectivity index (χ3v) is 3.54. The lowest BCUT2D eigenvalue weighted by molar-refractivity contribution is -0.113. The first kappa shape index (κ1) is 15.3. The van der Waals surface area contributed by atoms with Crippen LogP contribution in [-0.4, -0.2) is 11.0 Å². The topological polar surface area (TPSA) is 63.3 Å². The third kappa shape index (κ3) is 4.12. The van der Waals surface area contributed by atoms with Crippen molar-refractivity contribution in [2.24, 2.45) is 5.73 Å². The summed E-state index contributed by atoms with van der Waals surface area (Å²) in [6.07, 6.45) is 5.13. The van der Waals surface area contributed by atoms with Gasteiger partial charge in [-0.3, -0.25) is 4.79 Å². The Kier molecular flexibility index (Phi) is 5.61. The maximum Gasteiger partial charge on any atom is 0.244 e. The molecule has 1 rings (SSSR count). The van der Waals surface area contributed by atoms with Crippen molar-refractivity contribution in [2.75, 3.05) is 0 Å². The van der Waals surface area contributed by atoms with E-state index in [2.05, 4.69) is 6.92 Å². The molecule has 0 saturated heterocycles. The standard InChI is InChI=1S/C16H23NO2/c1-3-4-8-11-16(2,14(18)12-15(17)19)13-9-6-5-7-10-13/h5-7,9-10,12,18H,3-4,8,11H2,1-2H3,(H2,17,19)/b14-12-. The quantitative estimate of drug-likeness (QED) is 0.448. The largest absolute Gasteiger partial charge is 0.511 e. The Hall–Kier alpha value is -1.77. The van der Waals surface area contributed by atoms with Crippen LogP contribution in [0.4, 0.5) is 0 Å². The number of amides is 1. The summed E-state index contributed by atoms with van der Waals surface area (Å²) >= 11 is 0. The minimum absolute atomic E-state index is 0.0438. The molecule has 0 spiro atoms. The molecule has 3 nitrogen and oxygen atoms in total. The molecular weight excluding hydrogens is 238 g/mol. The molecule has 3 N–H and O–H groups in total. The molecule has 0 saturated carbocycles. The molecule has 0 bridgehead atoms. The second-order valence-corrected chi connectivity index (χ2v) is 5.09. The Morgan fingerprint density at radius 1 is 1.32 bits per heavy atom. The van der Waals surface area contributed by atoms with E-state index < -0.39 is 11.3 Å². The predicted molar refractivity (Wildman–Crippen MR) is 77.8 cm³/mol. The van der Waals surface area contributed by atoms with E-state index in [1.54, 1.807) is 0 Å². The smallest absolute Gasteiger partial charge is 0.244 e. The zero-order valence-corrected chi connectivity index (χ0v) is 11.7. The summed E-state index contributed by atoms with van der Waals surface area (Å²) in [6, 6.07) is 9.74. The first-order valence-electron chi connectivity index (χ1n) is 6.77. The number of carbonyl (C=O) groups excluding carboxylic acids is 1. The zero-order chi connectivity index (χ0) is 14.3. The van der Waals surface area contributed by atoms with Crippen molar-refractivity contribution in [1.29, 1.82) is 0 Å². The normalized spacial score (nSPS) is 14.9. The molecular formula is C16H23NO2. The molecule has 1 unspecified atom stereocenters. The van der Waals surface area contributed by atoms with Crippen LogP contribution in [0.15, 0.2) is 42.2 Å². The van der Waals surface area contributed by atoms with Gasteiger partial charge in [0.2, 0.25) is 5.91 Å². The fraction of sp³-hybridized carbons (Fsp3) is 0.438. The molecule has 104 valence electrons. The van der Waals surface area contributed by atoms with Gasteiger partial charge in [-0.1, -0.05) is 56.5 Å². The number of primary amides is 1. The van der Waals surface area contributed by atoms with Crippen molar-refractivity contribution in [3.63, 3.8) is 0 Å². The zero-order valence-electron chi connectivity index (χ0n) is 11.7. The summed E-state index contributed by atoms with van der Waals surface area (Å²) in [6.45, 7) is 4.09. The first-order valence-corrected chi connectivity index (χ1v) is 6.77. The minimum Gasteiger partial charge on any atom is -0.511 e. The van der Waals surface area contributed by atoms with E-state index in [1.165, 1.54) is 0 Å². The van der Waals surface area contributed by atoms with Crippen molar-refractivity contribution in [3.8, 4) is 0 Å². The summed E-state index contributed by atoms with van der Waals surface area (Å²) in [5.41, 5.74) is 5.60. The number of unbranched alkanes of at least 4 members (excludes halogenated alkanes) is 2. The highest BCUT2D eigenvalue weighted by molar-refractivity contribution is 5.86. The summed E-state index contributed by atoms with van der Waals surface area (Å²) < 4.78 is 0. The van der Waals surface area contributed by atoms with E-state index >= 15 is 0 Å². The van der Waals surface area contributed by atoms with Crippen LogP contribution in [0.3, 0.4) is 0 Å². The molecule has 0 aliphatic heterocycles. The average Bonchev–Trinajstić information content (AvgIpc) is 2.39. The Labute approximate surface area is 115 Å². The van der Waals surface area contributed by atoms with Gasteiger partial charge in [0.1, 0.15) is 5.76 Å². The minimum atomic E-state index is -0.616. The lowest BCUT2D eigenvalue weighted by Crippen LogP contribution is -2.26. The van der Waals surface area contributed by atoms with Crippen molar-refractivity contribution in [3.05, 3.63) is 47.7 Å². The number of hydrogen-bond acceptors (Lipinski definition) is 2. The fourth-order valence-electron chi connectivity index (χ4n) is 2.25. The van der Waals surface area contributed by atoms with E-state index in [1.807, 2.05) is 37.3 Å². The highest BCUT2D eigenvalue weighted by atomic mass is 16.3. The summed E-state index contributed by atoms with van der Waals surface area (Å²) in [7, 11) is 0. The van der Waals surface area contributed by atoms with E-state index in [0.29, 0.717) is 0 Å². The highest BCUT2D eigenvalue weighted by Crippen LogP contribution is 2.35. The molecule has 0 fully saturated rings. The van der Waals surface area contributed by atoms with Crippen molar-refractivity contribution in [2.45, 2.75) is 44.9 Å². The molecule has 1 aromatic carbocycles. The van der Waals surface area contributed by atoms with Gasteiger partial charge in [0.15, 0.2) is 0 Å². The van der Waals surface area contributed by atoms with Crippen LogP contribution < -0.4 is 5.73 Å². The molecule has 0 aliphatic carbocycles. The lowest BCUT2D eigenvalue weighted by atomic mass is 9.76. The van der Waals surface area contributed by atoms with Gasteiger partial charge in [0.25, 0.3) is 0 Å². The van der Waals surface area contributed by atoms with Crippen molar-refractivity contribution < 1.29 is 9.90 Å². The van der Waals surface area contributed by atoms with Gasteiger partial charge in [0, 0.05) is 11.5 Å². The first-order chi connectivity index (χ1) is 9.00. The maximum absolute atomic E-state index is 11.0. The van der Waals surface area contributed by atoms with Crippen LogP contribution in [-0.2, 0) is 10.2 Å². The molecule has 0 aromatic heterocycles. The van der Waals surface area contributed by atoms with Crippen molar-refractivity contribution >= 4 is 5.91 Å². The van der Waals surface area contributed by atoms with E-state index in [0.717, 1.165) is 37.3 Å². The Bertz CT molecular complexity index is 439. The number of benzene rings is 1. The molecule has 1 atom stereocenters. The van der Waals surface area contributed by atoms with Gasteiger partial charge in [-0.25, -0.2) is 0 Å². The van der Waals surface area contributed by atoms with Gasteiger partial charge < -0.3 is 10.8 Å². The Morgan fingerprint density at radius 3 is 2.47 bits per heavy atom. The number of carbonyl (C=O) groups is 1. The molecule has 3 heteroatoms. The number of hydrogen-bond donors (Lipinski definition) is 2. The molecule has 1 aromatic rings. The Balaban J connectivity index is 3.06. The van der Waals surface area contributed by atoms with Crippen LogP contribution in [0.2, 0.25) is 0 Å². The number of rotatable bonds is 7. The van der Waals surface area contributed by atoms with Gasteiger partial charge in [-0.15, -0.1) is 0 Å². The third-order valence-electron chi connectivity index (χ3n) is 3.54. The van der Waals surface area contributed by atoms with E-state index in [-0.39, 0.29) is 5.76 Å². The number of nitrogens with two attached hydrogens (primary N) is 1. The van der Waals surface area contributed by atoms with Gasteiger partial charge in [0.05, 0.1) is 0 Å². The fourth-order valence-corrected chi connectivity index (χ4v) is 2.25. The number of allylic oxidation sites excluding steroid dienone is 1. The van der Waals surface area contributed by atoms with Gasteiger partial charge >= 0.3 is 0 Å². The van der Waals surface area contributed by atoms with Crippen LogP contribution in [0.25, 0.3) is 0 Å². The maximum atomic E-state index is 11.0. The second-order valence-electron chi connectivity index (χ2n) is 5.09. The van der Waals surface area contributed by atoms with Gasteiger partial charge in [-0.2, -0.15) is 0 Å². The Morgan fingerprint density at radius 2 is 1.95 bits per heavy atom. The molecule has 19 heavy (non-hydrogen) atoms. The van der Waals surface area contributed by atoms with Crippen LogP contribution in [0, 0.1) is 0 Å². The average molecular weight is 261 g/mol. The summed E-state index contributed by atoms with van der Waals surface area (Å²) in [5, 5.41) is 10.3. The molecule has 0 heterocycles. The number of aliphatic hydroxyl groups is 1. The van der Waals surface area contributed by atoms with E-state index in [9.17, 15) is 9.90 Å². The molecule has 0 aliphatic rings. The van der Waals surface area contributed by atoms with Crippen LogP contribution in [0.5, 0.6) is 0 Å². The predicted octanol–water partition coefficient (Wildman–Crippen LogP) is 3.45. The van der Waals surface area contributed by atoms with Crippen LogP contribution in [0.1, 0.15) is 45.1 Å². The summed E-state index contributed by atoms with van der Waals surface area (Å²) in [5.74, 6) is -0.572. The van der Waals surface area contributed by atoms with Gasteiger partial charge in [-0.05, 0) is 18.9 Å². The van der Waals surface area contributed by atoms with Crippen molar-refractivity contribution in [1.82, 2.24) is 0 Å².